The predicted octanol–water partition coefficient (Wildman–Crippen LogP) is 5.47. The van der Waals surface area contributed by atoms with E-state index in [9.17, 15) is 4.39 Å². The second-order valence-electron chi connectivity index (χ2n) is 8.33. The van der Waals surface area contributed by atoms with Crippen LogP contribution in [0.3, 0.4) is 0 Å². The summed E-state index contributed by atoms with van der Waals surface area (Å²) in [6.45, 7) is 2.76. The topological polar surface area (TPSA) is 74.1 Å². The van der Waals surface area contributed by atoms with Gasteiger partial charge in [-0.2, -0.15) is 4.98 Å². The minimum Gasteiger partial charge on any atom is -0.496 e. The number of nitrogens with one attached hydrogen (secondary N) is 1. The molecule has 0 spiro atoms. The van der Waals surface area contributed by atoms with Crippen molar-refractivity contribution in [3.05, 3.63) is 77.6 Å². The molecule has 7 nitrogen and oxygen atoms in total. The fourth-order valence-electron chi connectivity index (χ4n) is 4.46. The van der Waals surface area contributed by atoms with Crippen LogP contribution in [0, 0.1) is 12.7 Å². The summed E-state index contributed by atoms with van der Waals surface area (Å²) in [5.41, 5.74) is 4.78. The Morgan fingerprint density at radius 1 is 1.03 bits per heavy atom. The minimum absolute atomic E-state index is 0.0261. The van der Waals surface area contributed by atoms with E-state index < -0.39 is 0 Å². The van der Waals surface area contributed by atoms with Crippen LogP contribution in [0.4, 0.5) is 16.0 Å². The lowest BCUT2D eigenvalue weighted by molar-refractivity contribution is 0.384. The molecule has 0 bridgehead atoms. The number of ether oxygens (including phenoxy) is 2. The van der Waals surface area contributed by atoms with Crippen LogP contribution < -0.4 is 14.8 Å². The van der Waals surface area contributed by atoms with Gasteiger partial charge < -0.3 is 14.8 Å². The predicted molar refractivity (Wildman–Crippen MR) is 128 cm³/mol. The first-order valence-corrected chi connectivity index (χ1v) is 11.2. The smallest absolute Gasteiger partial charge is 0.246 e. The molecule has 0 amide bonds. The monoisotopic (exact) mass is 459 g/mol. The molecule has 0 saturated carbocycles. The van der Waals surface area contributed by atoms with Crippen LogP contribution in [-0.2, 0) is 6.54 Å². The number of halogens is 1. The molecule has 1 atom stereocenters. The third-order valence-corrected chi connectivity index (χ3v) is 6.12. The van der Waals surface area contributed by atoms with Gasteiger partial charge in [0.1, 0.15) is 11.6 Å². The molecule has 1 aliphatic heterocycles. The number of hydrogen-bond donors (Lipinski definition) is 1. The van der Waals surface area contributed by atoms with E-state index in [0.717, 1.165) is 59.0 Å². The molecule has 8 heteroatoms. The lowest BCUT2D eigenvalue weighted by Crippen LogP contribution is -2.18. The van der Waals surface area contributed by atoms with Gasteiger partial charge in [-0.05, 0) is 67.3 Å². The first-order chi connectivity index (χ1) is 16.6. The van der Waals surface area contributed by atoms with Crippen LogP contribution in [0.5, 0.6) is 11.5 Å². The summed E-state index contributed by atoms with van der Waals surface area (Å²) < 4.78 is 26.7. The Hall–Kier alpha value is -3.94. The standard InChI is InChI=1S/C26H26FN5O2/c1-16-13-18(10-11-28-16)20-8-7-19(15-23(20)33-2)29-26-30-25-21(5-4-12-32(25)31-26)17-6-9-22(27)24(14-17)34-3/h6-11,13-15,21H,4-5,12H2,1-3H3,(H,29,31). The zero-order chi connectivity index (χ0) is 23.7. The summed E-state index contributed by atoms with van der Waals surface area (Å²) in [4.78, 5) is 9.06. The summed E-state index contributed by atoms with van der Waals surface area (Å²) in [6.07, 6.45) is 3.68. The number of benzene rings is 2. The van der Waals surface area contributed by atoms with Gasteiger partial charge in [-0.1, -0.05) is 6.07 Å². The van der Waals surface area contributed by atoms with Gasteiger partial charge in [0.2, 0.25) is 5.95 Å². The van der Waals surface area contributed by atoms with E-state index in [0.29, 0.717) is 5.95 Å². The van der Waals surface area contributed by atoms with Gasteiger partial charge in [0.15, 0.2) is 11.6 Å². The van der Waals surface area contributed by atoms with Crippen LogP contribution in [-0.4, -0.2) is 34.0 Å². The third kappa shape index (κ3) is 4.19. The highest BCUT2D eigenvalue weighted by atomic mass is 19.1. The molecule has 0 radical (unpaired) electrons. The Morgan fingerprint density at radius 3 is 2.68 bits per heavy atom. The number of fused-ring (bicyclic) bond motifs is 1. The van der Waals surface area contributed by atoms with Crippen LogP contribution >= 0.6 is 0 Å². The maximum absolute atomic E-state index is 13.9. The number of aromatic nitrogens is 4. The van der Waals surface area contributed by atoms with Crippen LogP contribution in [0.25, 0.3) is 11.1 Å². The van der Waals surface area contributed by atoms with Gasteiger partial charge in [0, 0.05) is 41.7 Å². The van der Waals surface area contributed by atoms with Crippen molar-refractivity contribution >= 4 is 11.6 Å². The Morgan fingerprint density at radius 2 is 1.88 bits per heavy atom. The van der Waals surface area contributed by atoms with Gasteiger partial charge in [-0.3, -0.25) is 4.98 Å². The molecule has 1 unspecified atom stereocenters. The van der Waals surface area contributed by atoms with Gasteiger partial charge in [0.05, 0.1) is 14.2 Å². The van der Waals surface area contributed by atoms with E-state index >= 15 is 0 Å². The Balaban J connectivity index is 1.42. The van der Waals surface area contributed by atoms with Crippen molar-refractivity contribution in [1.82, 2.24) is 19.7 Å². The number of pyridine rings is 1. The third-order valence-electron chi connectivity index (χ3n) is 6.12. The highest BCUT2D eigenvalue weighted by Gasteiger charge is 2.27. The molecule has 1 N–H and O–H groups in total. The molecule has 5 rings (SSSR count). The quantitative estimate of drug-likeness (QED) is 0.412. The average molecular weight is 460 g/mol. The van der Waals surface area contributed by atoms with Gasteiger partial charge in [-0.15, -0.1) is 5.10 Å². The lowest BCUT2D eigenvalue weighted by Gasteiger charge is -2.22. The molecule has 1 aliphatic rings. The highest BCUT2D eigenvalue weighted by molar-refractivity contribution is 5.74. The molecule has 34 heavy (non-hydrogen) atoms. The highest BCUT2D eigenvalue weighted by Crippen LogP contribution is 2.36. The number of nitrogens with zero attached hydrogens (tertiary/aromatic N) is 4. The summed E-state index contributed by atoms with van der Waals surface area (Å²) in [5, 5.41) is 7.98. The van der Waals surface area contributed by atoms with E-state index in [4.69, 9.17) is 14.5 Å². The largest absolute Gasteiger partial charge is 0.496 e. The molecule has 0 fully saturated rings. The summed E-state index contributed by atoms with van der Waals surface area (Å²) in [5.74, 6) is 2.02. The summed E-state index contributed by atoms with van der Waals surface area (Å²) in [7, 11) is 3.13. The molecule has 2 aromatic heterocycles. The van der Waals surface area contributed by atoms with Crippen molar-refractivity contribution < 1.29 is 13.9 Å². The van der Waals surface area contributed by atoms with E-state index in [1.165, 1.54) is 13.2 Å². The fraction of sp³-hybridized carbons (Fsp3) is 0.269. The van der Waals surface area contributed by atoms with Crippen molar-refractivity contribution in [2.24, 2.45) is 0 Å². The Bertz CT molecular complexity index is 1340. The van der Waals surface area contributed by atoms with Crippen molar-refractivity contribution in [3.63, 3.8) is 0 Å². The molecule has 0 aliphatic carbocycles. The zero-order valence-electron chi connectivity index (χ0n) is 19.4. The van der Waals surface area contributed by atoms with Crippen molar-refractivity contribution in [2.45, 2.75) is 32.2 Å². The zero-order valence-corrected chi connectivity index (χ0v) is 19.4. The SMILES string of the molecule is COc1cc(C2CCCn3nc(Nc4ccc(-c5ccnc(C)c5)c(OC)c4)nc32)ccc1F. The first-order valence-electron chi connectivity index (χ1n) is 11.2. The number of hydrogen-bond acceptors (Lipinski definition) is 6. The van der Waals surface area contributed by atoms with Crippen molar-refractivity contribution in [1.29, 1.82) is 0 Å². The van der Waals surface area contributed by atoms with E-state index in [-0.39, 0.29) is 17.5 Å². The van der Waals surface area contributed by atoms with Gasteiger partial charge in [-0.25, -0.2) is 9.07 Å². The Kier molecular flexibility index (Phi) is 5.88. The lowest BCUT2D eigenvalue weighted by atomic mass is 9.91. The number of anilines is 2. The number of methoxy groups -OCH3 is 2. The molecule has 4 aromatic rings. The number of aryl methyl sites for hydroxylation is 2. The van der Waals surface area contributed by atoms with Crippen molar-refractivity contribution in [3.8, 4) is 22.6 Å². The van der Waals surface area contributed by atoms with Crippen LogP contribution in [0.1, 0.15) is 35.8 Å². The normalized spacial score (nSPS) is 15.0. The average Bonchev–Trinajstić information content (AvgIpc) is 3.27. The fourth-order valence-corrected chi connectivity index (χ4v) is 4.46. The molecule has 0 saturated heterocycles. The van der Waals surface area contributed by atoms with E-state index in [1.54, 1.807) is 25.4 Å². The Labute approximate surface area is 197 Å². The number of rotatable bonds is 6. The van der Waals surface area contributed by atoms with E-state index in [2.05, 4.69) is 15.4 Å². The second-order valence-corrected chi connectivity index (χ2v) is 8.33. The second kappa shape index (κ2) is 9.13. The maximum atomic E-state index is 13.9. The molecule has 174 valence electrons. The van der Waals surface area contributed by atoms with Gasteiger partial charge in [0.25, 0.3) is 0 Å². The van der Waals surface area contributed by atoms with Crippen LogP contribution in [0.2, 0.25) is 0 Å². The minimum atomic E-state index is -0.370. The summed E-state index contributed by atoms with van der Waals surface area (Å²) in [6, 6.07) is 14.9. The molecular weight excluding hydrogens is 433 g/mol. The maximum Gasteiger partial charge on any atom is 0.246 e. The molecule has 2 aromatic carbocycles. The summed E-state index contributed by atoms with van der Waals surface area (Å²) >= 11 is 0. The molecular formula is C26H26FN5O2. The first kappa shape index (κ1) is 21.9. The van der Waals surface area contributed by atoms with Crippen molar-refractivity contribution in [2.75, 3.05) is 19.5 Å². The van der Waals surface area contributed by atoms with E-state index in [1.807, 2.05) is 41.9 Å². The van der Waals surface area contributed by atoms with Gasteiger partial charge >= 0.3 is 0 Å². The molecule has 3 heterocycles. The van der Waals surface area contributed by atoms with Crippen LogP contribution in [0.15, 0.2) is 54.7 Å².